The Morgan fingerprint density at radius 2 is 1.89 bits per heavy atom. The number of amides is 1. The van der Waals surface area contributed by atoms with Crippen LogP contribution in [0.2, 0.25) is 5.02 Å². The SMILES string of the molecule is NCCC(=O)NCC1(c2ccc(Cl)cc2)CCCC1. The second-order valence-electron chi connectivity index (χ2n) is 5.31. The van der Waals surface area contributed by atoms with E-state index < -0.39 is 0 Å². The van der Waals surface area contributed by atoms with Gasteiger partial charge in [-0.3, -0.25) is 4.79 Å². The molecule has 3 N–H and O–H groups in total. The number of carbonyl (C=O) groups excluding carboxylic acids is 1. The molecule has 0 aliphatic heterocycles. The number of hydrogen-bond donors (Lipinski definition) is 2. The number of rotatable bonds is 5. The molecule has 4 heteroatoms. The van der Waals surface area contributed by atoms with E-state index in [1.54, 1.807) is 0 Å². The first-order valence-corrected chi connectivity index (χ1v) is 7.27. The summed E-state index contributed by atoms with van der Waals surface area (Å²) in [5, 5.41) is 3.78. The third-order valence-electron chi connectivity index (χ3n) is 4.01. The van der Waals surface area contributed by atoms with Gasteiger partial charge in [0.15, 0.2) is 0 Å². The minimum Gasteiger partial charge on any atom is -0.355 e. The highest BCUT2D eigenvalue weighted by Gasteiger charge is 2.35. The van der Waals surface area contributed by atoms with Gasteiger partial charge in [0.1, 0.15) is 0 Å². The summed E-state index contributed by atoms with van der Waals surface area (Å²) in [7, 11) is 0. The molecular weight excluding hydrogens is 260 g/mol. The number of hydrogen-bond acceptors (Lipinski definition) is 2. The van der Waals surface area contributed by atoms with Crippen molar-refractivity contribution in [3.05, 3.63) is 34.9 Å². The topological polar surface area (TPSA) is 55.1 Å². The van der Waals surface area contributed by atoms with E-state index >= 15 is 0 Å². The molecule has 1 saturated carbocycles. The Balaban J connectivity index is 2.09. The monoisotopic (exact) mass is 280 g/mol. The van der Waals surface area contributed by atoms with E-state index in [2.05, 4.69) is 17.4 Å². The van der Waals surface area contributed by atoms with Gasteiger partial charge < -0.3 is 11.1 Å². The minimum absolute atomic E-state index is 0.0442. The van der Waals surface area contributed by atoms with Crippen molar-refractivity contribution < 1.29 is 4.79 Å². The zero-order valence-corrected chi connectivity index (χ0v) is 11.9. The van der Waals surface area contributed by atoms with Gasteiger partial charge in [0.05, 0.1) is 0 Å². The van der Waals surface area contributed by atoms with Gasteiger partial charge in [-0.15, -0.1) is 0 Å². The third-order valence-corrected chi connectivity index (χ3v) is 4.26. The Kier molecular flexibility index (Phi) is 4.83. The lowest BCUT2D eigenvalue weighted by Crippen LogP contribution is -2.39. The van der Waals surface area contributed by atoms with E-state index in [4.69, 9.17) is 17.3 Å². The predicted molar refractivity (Wildman–Crippen MR) is 78.3 cm³/mol. The number of carbonyl (C=O) groups is 1. The number of nitrogens with two attached hydrogens (primary N) is 1. The van der Waals surface area contributed by atoms with Crippen LogP contribution in [0.5, 0.6) is 0 Å². The van der Waals surface area contributed by atoms with E-state index in [1.165, 1.54) is 18.4 Å². The zero-order chi connectivity index (χ0) is 13.7. The van der Waals surface area contributed by atoms with Crippen LogP contribution >= 0.6 is 11.6 Å². The summed E-state index contributed by atoms with van der Waals surface area (Å²) in [4.78, 5) is 11.6. The van der Waals surface area contributed by atoms with Crippen molar-refractivity contribution in [3.8, 4) is 0 Å². The van der Waals surface area contributed by atoms with Crippen LogP contribution in [0.25, 0.3) is 0 Å². The molecule has 0 radical (unpaired) electrons. The fraction of sp³-hybridized carbons (Fsp3) is 0.533. The summed E-state index contributed by atoms with van der Waals surface area (Å²) in [5.41, 5.74) is 6.76. The van der Waals surface area contributed by atoms with Gasteiger partial charge in [-0.2, -0.15) is 0 Å². The van der Waals surface area contributed by atoms with Crippen LogP contribution in [0.1, 0.15) is 37.7 Å². The Morgan fingerprint density at radius 3 is 2.47 bits per heavy atom. The molecule has 1 fully saturated rings. The van der Waals surface area contributed by atoms with Crippen LogP contribution in [0, 0.1) is 0 Å². The normalized spacial score (nSPS) is 17.4. The van der Waals surface area contributed by atoms with E-state index in [0.717, 1.165) is 17.9 Å². The van der Waals surface area contributed by atoms with Crippen LogP contribution in [-0.2, 0) is 10.2 Å². The van der Waals surface area contributed by atoms with Crippen LogP contribution in [-0.4, -0.2) is 19.0 Å². The Bertz CT molecular complexity index is 424. The summed E-state index contributed by atoms with van der Waals surface area (Å²) in [6, 6.07) is 8.03. The molecule has 19 heavy (non-hydrogen) atoms. The van der Waals surface area contributed by atoms with Crippen molar-refractivity contribution in [1.29, 1.82) is 0 Å². The molecule has 0 saturated heterocycles. The van der Waals surface area contributed by atoms with Crippen LogP contribution in [0.3, 0.4) is 0 Å². The van der Waals surface area contributed by atoms with Gasteiger partial charge in [-0.25, -0.2) is 0 Å². The fourth-order valence-corrected chi connectivity index (χ4v) is 3.04. The summed E-state index contributed by atoms with van der Waals surface area (Å²) in [6.07, 6.45) is 5.08. The predicted octanol–water partition coefficient (Wildman–Crippen LogP) is 2.62. The lowest BCUT2D eigenvalue weighted by atomic mass is 9.79. The summed E-state index contributed by atoms with van der Waals surface area (Å²) < 4.78 is 0. The molecule has 0 spiro atoms. The van der Waals surface area contributed by atoms with Crippen molar-refractivity contribution in [2.45, 2.75) is 37.5 Å². The van der Waals surface area contributed by atoms with Crippen molar-refractivity contribution >= 4 is 17.5 Å². The molecule has 0 unspecified atom stereocenters. The molecule has 3 nitrogen and oxygen atoms in total. The lowest BCUT2D eigenvalue weighted by molar-refractivity contribution is -0.121. The number of nitrogens with one attached hydrogen (secondary N) is 1. The molecule has 1 amide bonds. The van der Waals surface area contributed by atoms with Gasteiger partial charge >= 0.3 is 0 Å². The maximum atomic E-state index is 11.6. The molecule has 0 heterocycles. The number of benzene rings is 1. The maximum Gasteiger partial charge on any atom is 0.221 e. The first kappa shape index (κ1) is 14.4. The molecule has 1 aromatic rings. The average molecular weight is 281 g/mol. The van der Waals surface area contributed by atoms with E-state index in [-0.39, 0.29) is 11.3 Å². The highest BCUT2D eigenvalue weighted by molar-refractivity contribution is 6.30. The van der Waals surface area contributed by atoms with Crippen molar-refractivity contribution in [1.82, 2.24) is 5.32 Å². The Labute approximate surface area is 119 Å². The van der Waals surface area contributed by atoms with Crippen LogP contribution in [0.4, 0.5) is 0 Å². The van der Waals surface area contributed by atoms with Crippen molar-refractivity contribution in [2.75, 3.05) is 13.1 Å². The standard InChI is InChI=1S/C15H21ClN2O/c16-13-5-3-12(4-6-13)15(8-1-2-9-15)11-18-14(19)7-10-17/h3-6H,1-2,7-11,17H2,(H,18,19). The second-order valence-corrected chi connectivity index (χ2v) is 5.75. The van der Waals surface area contributed by atoms with Crippen molar-refractivity contribution in [2.24, 2.45) is 5.73 Å². The molecule has 1 aromatic carbocycles. The smallest absolute Gasteiger partial charge is 0.221 e. The van der Waals surface area contributed by atoms with Gasteiger partial charge in [-0.05, 0) is 30.5 Å². The summed E-state index contributed by atoms with van der Waals surface area (Å²) in [5.74, 6) is 0.0442. The third kappa shape index (κ3) is 3.48. The van der Waals surface area contributed by atoms with Gasteiger partial charge in [0.25, 0.3) is 0 Å². The highest BCUT2D eigenvalue weighted by Crippen LogP contribution is 2.40. The van der Waals surface area contributed by atoms with Gasteiger partial charge in [0, 0.05) is 29.9 Å². The molecule has 1 aliphatic carbocycles. The molecule has 0 atom stereocenters. The summed E-state index contributed by atoms with van der Waals surface area (Å²) in [6.45, 7) is 1.10. The van der Waals surface area contributed by atoms with E-state index in [9.17, 15) is 4.79 Å². The van der Waals surface area contributed by atoms with Gasteiger partial charge in [0.2, 0.25) is 5.91 Å². The second kappa shape index (κ2) is 6.40. The Morgan fingerprint density at radius 1 is 1.26 bits per heavy atom. The molecule has 104 valence electrons. The van der Waals surface area contributed by atoms with Gasteiger partial charge in [-0.1, -0.05) is 36.6 Å². The quantitative estimate of drug-likeness (QED) is 0.871. The minimum atomic E-state index is 0.0442. The van der Waals surface area contributed by atoms with Crippen molar-refractivity contribution in [3.63, 3.8) is 0 Å². The highest BCUT2D eigenvalue weighted by atomic mass is 35.5. The Hall–Kier alpha value is -1.06. The molecular formula is C15H21ClN2O. The lowest BCUT2D eigenvalue weighted by Gasteiger charge is -2.30. The largest absolute Gasteiger partial charge is 0.355 e. The molecule has 0 bridgehead atoms. The average Bonchev–Trinajstić information content (AvgIpc) is 2.88. The summed E-state index contributed by atoms with van der Waals surface area (Å²) >= 11 is 5.95. The zero-order valence-electron chi connectivity index (χ0n) is 11.1. The first-order chi connectivity index (χ1) is 9.16. The van der Waals surface area contributed by atoms with Crippen LogP contribution in [0.15, 0.2) is 24.3 Å². The maximum absolute atomic E-state index is 11.6. The number of halogens is 1. The van der Waals surface area contributed by atoms with E-state index in [0.29, 0.717) is 19.5 Å². The molecule has 2 rings (SSSR count). The first-order valence-electron chi connectivity index (χ1n) is 6.89. The molecule has 0 aromatic heterocycles. The van der Waals surface area contributed by atoms with Crippen LogP contribution < -0.4 is 11.1 Å². The van der Waals surface area contributed by atoms with E-state index in [1.807, 2.05) is 12.1 Å². The fourth-order valence-electron chi connectivity index (χ4n) is 2.91. The molecule has 1 aliphatic rings.